The van der Waals surface area contributed by atoms with Crippen LogP contribution in [-0.4, -0.2) is 60.5 Å². The van der Waals surface area contributed by atoms with Gasteiger partial charge in [-0.15, -0.1) is 0 Å². The Bertz CT molecular complexity index is 1290. The van der Waals surface area contributed by atoms with Crippen LogP contribution in [0.5, 0.6) is 0 Å². The number of urea groups is 1. The standard InChI is InChI=1S/C16H22N2O.C14H21N5O.2H2/c1-5-11-7-6-8-12-13(11)18(4)10-16(14(12)17-19)9-15(16,2)3;1-2-4-14(6-9(14)7-15)12(17)10-8-19(13(18)20)5-3-11(10)16;;/h6-8,19H,5,9-10H2,1-4H3;2,4,7,9,15,17H,3,5-6,8,16H2,1H3,(H2,18,20);2*1H/b17-14-;4-2-,15-7?,17-12?;;. The van der Waals surface area contributed by atoms with Crippen molar-refractivity contribution < 1.29 is 12.9 Å². The van der Waals surface area contributed by atoms with Gasteiger partial charge in [0.1, 0.15) is 0 Å². The van der Waals surface area contributed by atoms with E-state index in [4.69, 9.17) is 22.3 Å². The third kappa shape index (κ3) is 4.61. The van der Waals surface area contributed by atoms with Gasteiger partial charge >= 0.3 is 6.03 Å². The number of carbonyl (C=O) groups excluding carboxylic acids is 1. The first-order valence-corrected chi connectivity index (χ1v) is 13.7. The number of aryl methyl sites for hydroxylation is 1. The van der Waals surface area contributed by atoms with Crippen LogP contribution in [0.4, 0.5) is 10.5 Å². The maximum atomic E-state index is 11.3. The monoisotopic (exact) mass is 537 g/mol. The van der Waals surface area contributed by atoms with E-state index in [0.717, 1.165) is 37.1 Å². The number of primary amides is 1. The van der Waals surface area contributed by atoms with Crippen molar-refractivity contribution in [3.63, 3.8) is 0 Å². The minimum atomic E-state index is -0.484. The Morgan fingerprint density at radius 2 is 2.05 bits per heavy atom. The largest absolute Gasteiger partial charge is 0.411 e. The zero-order valence-electron chi connectivity index (χ0n) is 23.8. The van der Waals surface area contributed by atoms with Crippen LogP contribution >= 0.6 is 0 Å². The molecule has 1 aromatic carbocycles. The van der Waals surface area contributed by atoms with Crippen molar-refractivity contribution in [1.82, 2.24) is 4.90 Å². The van der Waals surface area contributed by atoms with E-state index in [1.807, 2.05) is 19.1 Å². The molecule has 1 aromatic rings. The Kier molecular flexibility index (Phi) is 7.40. The average Bonchev–Trinajstić information content (AvgIpc) is 3.76. The van der Waals surface area contributed by atoms with E-state index in [1.165, 1.54) is 22.4 Å². The van der Waals surface area contributed by atoms with Gasteiger partial charge in [0.15, 0.2) is 0 Å². The number of fused-ring (bicyclic) bond motifs is 1. The van der Waals surface area contributed by atoms with Crippen LogP contribution in [0.15, 0.2) is 46.8 Å². The second-order valence-electron chi connectivity index (χ2n) is 12.0. The van der Waals surface area contributed by atoms with Gasteiger partial charge in [0, 0.05) is 74.4 Å². The number of para-hydroxylation sites is 1. The maximum Gasteiger partial charge on any atom is 0.315 e. The summed E-state index contributed by atoms with van der Waals surface area (Å²) in [5.74, 6) is 0.0513. The van der Waals surface area contributed by atoms with Crippen molar-refractivity contribution in [2.45, 2.75) is 53.4 Å². The van der Waals surface area contributed by atoms with Gasteiger partial charge in [-0.05, 0) is 43.4 Å². The molecule has 4 aliphatic rings. The van der Waals surface area contributed by atoms with E-state index in [2.05, 4.69) is 56.1 Å². The van der Waals surface area contributed by atoms with Gasteiger partial charge in [-0.1, -0.05) is 56.3 Å². The van der Waals surface area contributed by atoms with Crippen molar-refractivity contribution in [2.75, 3.05) is 31.6 Å². The first-order chi connectivity index (χ1) is 18.4. The summed E-state index contributed by atoms with van der Waals surface area (Å²) in [5.41, 5.74) is 17.5. The summed E-state index contributed by atoms with van der Waals surface area (Å²) in [5, 5.41) is 29.2. The van der Waals surface area contributed by atoms with Gasteiger partial charge in [0.05, 0.1) is 12.3 Å². The fourth-order valence-electron chi connectivity index (χ4n) is 6.73. The quantitative estimate of drug-likeness (QED) is 0.155. The molecule has 0 bridgehead atoms. The number of hydrogen-bond donors (Lipinski definition) is 5. The van der Waals surface area contributed by atoms with Crippen LogP contribution in [0.3, 0.4) is 0 Å². The second-order valence-corrected chi connectivity index (χ2v) is 12.0. The molecule has 9 heteroatoms. The molecule has 2 aliphatic heterocycles. The lowest BCUT2D eigenvalue weighted by Gasteiger charge is -2.37. The highest BCUT2D eigenvalue weighted by molar-refractivity contribution is 6.13. The topological polar surface area (TPSA) is 156 Å². The number of nitrogens with one attached hydrogen (secondary N) is 2. The summed E-state index contributed by atoms with van der Waals surface area (Å²) in [4.78, 5) is 15.2. The summed E-state index contributed by atoms with van der Waals surface area (Å²) in [7, 11) is 2.16. The molecule has 1 spiro atoms. The fourth-order valence-corrected chi connectivity index (χ4v) is 6.73. The molecule has 2 heterocycles. The molecule has 0 aromatic heterocycles. The Labute approximate surface area is 234 Å². The fraction of sp³-hybridized carbons (Fsp3) is 0.533. The van der Waals surface area contributed by atoms with E-state index in [1.54, 1.807) is 0 Å². The molecule has 7 N–H and O–H groups in total. The molecule has 0 saturated heterocycles. The number of anilines is 1. The predicted molar refractivity (Wildman–Crippen MR) is 161 cm³/mol. The number of amides is 2. The summed E-state index contributed by atoms with van der Waals surface area (Å²) in [6.07, 6.45) is 8.66. The number of nitrogens with two attached hydrogens (primary N) is 2. The van der Waals surface area contributed by atoms with E-state index in [0.29, 0.717) is 36.5 Å². The Hall–Kier alpha value is -3.62. The highest BCUT2D eigenvalue weighted by Crippen LogP contribution is 2.67. The van der Waals surface area contributed by atoms with Crippen LogP contribution in [-0.2, 0) is 6.42 Å². The van der Waals surface area contributed by atoms with Crippen molar-refractivity contribution in [3.05, 3.63) is 52.7 Å². The molecule has 3 atom stereocenters. The lowest BCUT2D eigenvalue weighted by atomic mass is 9.81. The number of hydrogen-bond acceptors (Lipinski definition) is 7. The molecule has 0 radical (unpaired) electrons. The molecular weight excluding hydrogens is 490 g/mol. The summed E-state index contributed by atoms with van der Waals surface area (Å²) in [6.45, 7) is 10.4. The van der Waals surface area contributed by atoms with Gasteiger partial charge < -0.3 is 37.3 Å². The van der Waals surface area contributed by atoms with E-state index < -0.39 is 11.4 Å². The van der Waals surface area contributed by atoms with E-state index in [-0.39, 0.29) is 19.6 Å². The third-order valence-corrected chi connectivity index (χ3v) is 9.30. The normalized spacial score (nSPS) is 29.7. The number of oxime groups is 1. The van der Waals surface area contributed by atoms with Gasteiger partial charge in [-0.3, -0.25) is 0 Å². The van der Waals surface area contributed by atoms with Crippen molar-refractivity contribution in [3.8, 4) is 0 Å². The lowest BCUT2D eigenvalue weighted by Crippen LogP contribution is -2.43. The highest BCUT2D eigenvalue weighted by Gasteiger charge is 2.66. The molecule has 39 heavy (non-hydrogen) atoms. The molecular formula is C30H47N7O2. The zero-order chi connectivity index (χ0) is 28.8. The number of carbonyl (C=O) groups is 1. The number of nitrogens with zero attached hydrogens (tertiary/aromatic N) is 3. The SMILES string of the molecule is C/C=C\C1(C(=N)C2=C(N)CCN(C(N)=O)C2)CC1C=N.CCc1cccc2c1N(C)CC1(CC1(C)C)/C2=N\O.[HH].[HH]. The molecule has 2 amide bonds. The van der Waals surface area contributed by atoms with Gasteiger partial charge in [0.2, 0.25) is 0 Å². The molecule has 2 saturated carbocycles. The van der Waals surface area contributed by atoms with Crippen LogP contribution in [0.25, 0.3) is 0 Å². The van der Waals surface area contributed by atoms with E-state index >= 15 is 0 Å². The lowest BCUT2D eigenvalue weighted by molar-refractivity contribution is 0.210. The van der Waals surface area contributed by atoms with Crippen LogP contribution in [0.2, 0.25) is 0 Å². The summed E-state index contributed by atoms with van der Waals surface area (Å²) < 4.78 is 0. The number of rotatable bonds is 5. The molecule has 9 nitrogen and oxygen atoms in total. The Morgan fingerprint density at radius 3 is 2.56 bits per heavy atom. The minimum Gasteiger partial charge on any atom is -0.411 e. The van der Waals surface area contributed by atoms with Crippen molar-refractivity contribution >= 4 is 29.4 Å². The average molecular weight is 538 g/mol. The van der Waals surface area contributed by atoms with Gasteiger partial charge in [-0.25, -0.2) is 4.79 Å². The molecule has 3 unspecified atom stereocenters. The number of allylic oxidation sites excluding steroid dienone is 2. The van der Waals surface area contributed by atoms with Gasteiger partial charge in [-0.2, -0.15) is 0 Å². The van der Waals surface area contributed by atoms with Crippen LogP contribution in [0, 0.1) is 33.0 Å². The molecule has 214 valence electrons. The summed E-state index contributed by atoms with van der Waals surface area (Å²) in [6, 6.07) is 5.85. The maximum absolute atomic E-state index is 11.3. The van der Waals surface area contributed by atoms with Crippen molar-refractivity contribution in [1.29, 1.82) is 10.8 Å². The third-order valence-electron chi connectivity index (χ3n) is 9.30. The Morgan fingerprint density at radius 1 is 1.36 bits per heavy atom. The predicted octanol–water partition coefficient (Wildman–Crippen LogP) is 5.02. The zero-order valence-corrected chi connectivity index (χ0v) is 23.8. The van der Waals surface area contributed by atoms with E-state index in [9.17, 15) is 10.0 Å². The minimum absolute atomic E-state index is 0. The molecule has 5 rings (SSSR count). The van der Waals surface area contributed by atoms with Gasteiger partial charge in [0.25, 0.3) is 0 Å². The smallest absolute Gasteiger partial charge is 0.315 e. The first kappa shape index (κ1) is 28.4. The first-order valence-electron chi connectivity index (χ1n) is 13.7. The number of benzene rings is 1. The highest BCUT2D eigenvalue weighted by atomic mass is 16.4. The molecule has 2 aliphatic carbocycles. The Balaban J connectivity index is 0.000000274. The second kappa shape index (κ2) is 10.2. The summed E-state index contributed by atoms with van der Waals surface area (Å²) >= 11 is 0. The van der Waals surface area contributed by atoms with Crippen LogP contribution in [0.1, 0.15) is 60.9 Å². The van der Waals surface area contributed by atoms with Crippen LogP contribution < -0.4 is 16.4 Å². The van der Waals surface area contributed by atoms with Crippen molar-refractivity contribution in [2.24, 2.45) is 38.8 Å². The molecule has 2 fully saturated rings.